The number of rotatable bonds is 18. The van der Waals surface area contributed by atoms with Crippen LogP contribution < -0.4 is 40.8 Å². The number of anilines is 3. The minimum Gasteiger partial charge on any atom is -0.497 e. The molecule has 0 aliphatic carbocycles. The van der Waals surface area contributed by atoms with E-state index in [0.29, 0.717) is 129 Å². The summed E-state index contributed by atoms with van der Waals surface area (Å²) < 4.78 is 112. The Hall–Kier alpha value is -14.1. The van der Waals surface area contributed by atoms with Crippen molar-refractivity contribution in [2.24, 2.45) is 0 Å². The molecule has 6 aromatic carbocycles. The minimum absolute atomic E-state index is 0.155. The predicted octanol–water partition coefficient (Wildman–Crippen LogP) is 20.4. The maximum atomic E-state index is 13.8. The molecule has 670 valence electrons. The molecule has 0 radical (unpaired) electrons. The topological polar surface area (TPSA) is 333 Å². The maximum Gasteiger partial charge on any atom is 0.494 e. The number of nitrogens with one attached hydrogen (secondary N) is 2. The number of sulfone groups is 1. The normalized spacial score (nSPS) is 12.5. The molecule has 0 amide bonds. The highest BCUT2D eigenvalue weighted by molar-refractivity contribution is 9.11. The van der Waals surface area contributed by atoms with E-state index in [1.54, 1.807) is 102 Å². The lowest BCUT2D eigenvalue weighted by Crippen LogP contribution is -2.41. The molecule has 17 aromatic rings. The second kappa shape index (κ2) is 40.5. The van der Waals surface area contributed by atoms with Gasteiger partial charge in [0.05, 0.1) is 71.4 Å². The molecule has 0 unspecified atom stereocenters. The van der Waals surface area contributed by atoms with Gasteiger partial charge in [-0.05, 0) is 275 Å². The van der Waals surface area contributed by atoms with Crippen LogP contribution in [0.4, 0.5) is 35.0 Å². The van der Waals surface area contributed by atoms with Gasteiger partial charge in [-0.1, -0.05) is 0 Å². The number of nitrogens with two attached hydrogens (primary N) is 1. The lowest BCUT2D eigenvalue weighted by Gasteiger charge is -2.32. The number of aryl methyl sites for hydroxylation is 6. The summed E-state index contributed by atoms with van der Waals surface area (Å²) in [5, 5.41) is 6.60. The zero-order valence-corrected chi connectivity index (χ0v) is 78.5. The monoisotopic (exact) mass is 1920 g/mol. The molecule has 26 nitrogen and oxygen atoms in total. The fourth-order valence-electron chi connectivity index (χ4n) is 14.6. The number of nitrogens with zero attached hydrogens (tertiary/aromatic N) is 15. The van der Waals surface area contributed by atoms with Crippen molar-refractivity contribution in [3.63, 3.8) is 0 Å². The number of aromatic nitrogens is 15. The van der Waals surface area contributed by atoms with Crippen molar-refractivity contribution in [3.8, 4) is 90.3 Å². The third-order valence-electron chi connectivity index (χ3n) is 21.4. The van der Waals surface area contributed by atoms with Crippen LogP contribution in [-0.2, 0) is 32.2 Å². The van der Waals surface area contributed by atoms with E-state index in [2.05, 4.69) is 130 Å². The number of benzene rings is 6. The molecule has 34 heteroatoms. The molecular formula is C98H89BBr2F4N18O8S. The number of methoxy groups -OCH3 is 4. The molecule has 132 heavy (non-hydrogen) atoms. The van der Waals surface area contributed by atoms with Gasteiger partial charge in [0, 0.05) is 160 Å². The summed E-state index contributed by atoms with van der Waals surface area (Å²) in [6.45, 7) is 20.9. The quantitative estimate of drug-likeness (QED) is 0.0530. The molecule has 0 atom stereocenters. The molecule has 4 N–H and O–H groups in total. The maximum absolute atomic E-state index is 13.8. The standard InChI is InChI=1S/C29H26FN5O2.C22H18BrFN4O2.C20H16FN5.C14H9BrFN3O2S.C13H20BNO2/c1-17-13-21(14-18(2)34-17)25-26(19-5-8-22(30)9-6-19)35-29(28-27(25)31-11-12-32-28)33-16-20-7-10-23(36-3)15-24(20)37-4;1-29-16-8-5-14(17(11-16)30-2)12-27-22-21-20(25-9-10-26-21)18(23)19(28-22)13-3-6-15(24)7-4-13;1-11-9-14(10-12(2)25-11)16-17(13-3-5-15(21)6-4-13)26-20(22)19-18(16)23-7-8-24-19;1-22(20,21)14-13-12(17-6-7-18-13)10(15)11(19-14)8-2-4-9(16)5-3-8;1-9-7-11(8-10(2)15-9)14-16-12(3,4)13(5,6)17-14/h5-15H,16H2,1-4H3,(H,33,35);3-11H,12H2,1-2H3,(H,27,28);3-10H,1-2H3,(H2,22,26);2-7H,1H3;7-8H,1-6H3. The van der Waals surface area contributed by atoms with Crippen molar-refractivity contribution in [2.75, 3.05) is 51.1 Å². The first kappa shape index (κ1) is 94.1. The fourth-order valence-corrected chi connectivity index (χ4v) is 16.6. The first-order valence-electron chi connectivity index (χ1n) is 41.2. The number of nitrogen functional groups attached to an aromatic ring is 1. The van der Waals surface area contributed by atoms with Crippen LogP contribution in [0, 0.1) is 64.8 Å². The van der Waals surface area contributed by atoms with Gasteiger partial charge >= 0.3 is 7.12 Å². The number of pyridine rings is 7. The molecule has 1 fully saturated rings. The summed E-state index contributed by atoms with van der Waals surface area (Å²) in [7, 11) is 2.58. The van der Waals surface area contributed by atoms with E-state index in [0.717, 1.165) is 96.0 Å². The summed E-state index contributed by atoms with van der Waals surface area (Å²) in [4.78, 5) is 67.2. The van der Waals surface area contributed by atoms with E-state index < -0.39 is 9.84 Å². The molecule has 1 aliphatic rings. The Balaban J connectivity index is 0.000000136. The molecular weight excluding hydrogens is 1840 g/mol. The first-order valence-corrected chi connectivity index (χ1v) is 44.7. The van der Waals surface area contributed by atoms with Crippen molar-refractivity contribution < 1.29 is 54.2 Å². The zero-order chi connectivity index (χ0) is 94.0. The fraction of sp³-hybridized carbons (Fsp3) is 0.194. The summed E-state index contributed by atoms with van der Waals surface area (Å²) in [5.74, 6) is 2.93. The lowest BCUT2D eigenvalue weighted by atomic mass is 9.79. The third-order valence-corrected chi connectivity index (χ3v) is 23.9. The van der Waals surface area contributed by atoms with Crippen molar-refractivity contribution in [3.05, 3.63) is 297 Å². The van der Waals surface area contributed by atoms with Gasteiger partial charge in [-0.2, -0.15) is 0 Å². The Labute approximate surface area is 776 Å². The largest absolute Gasteiger partial charge is 0.497 e. The van der Waals surface area contributed by atoms with Crippen LogP contribution in [-0.4, -0.2) is 136 Å². The molecule has 1 aliphatic heterocycles. The third kappa shape index (κ3) is 21.5. The van der Waals surface area contributed by atoms with Crippen LogP contribution in [0.5, 0.6) is 23.0 Å². The molecule has 18 rings (SSSR count). The molecule has 0 saturated carbocycles. The van der Waals surface area contributed by atoms with Gasteiger partial charge in [0.25, 0.3) is 0 Å². The van der Waals surface area contributed by atoms with Gasteiger partial charge in [-0.15, -0.1) is 0 Å². The second-order valence-corrected chi connectivity index (χ2v) is 35.0. The average Bonchev–Trinajstić information content (AvgIpc) is 1.44. The van der Waals surface area contributed by atoms with Crippen molar-refractivity contribution in [1.29, 1.82) is 0 Å². The van der Waals surface area contributed by atoms with Gasteiger partial charge in [-0.3, -0.25) is 34.9 Å². The minimum atomic E-state index is -3.59. The van der Waals surface area contributed by atoms with Crippen molar-refractivity contribution >= 4 is 116 Å². The highest BCUT2D eigenvalue weighted by atomic mass is 79.9. The number of hydrogen-bond donors (Lipinski definition) is 3. The number of fused-ring (bicyclic) bond motifs is 4. The van der Waals surface area contributed by atoms with E-state index in [1.165, 1.54) is 73.1 Å². The number of halogens is 6. The van der Waals surface area contributed by atoms with Gasteiger partial charge in [0.1, 0.15) is 90.4 Å². The van der Waals surface area contributed by atoms with E-state index >= 15 is 0 Å². The summed E-state index contributed by atoms with van der Waals surface area (Å²) in [6, 6.07) is 47.5. The summed E-state index contributed by atoms with van der Waals surface area (Å²) >= 11 is 6.97. The Morgan fingerprint density at radius 2 is 0.682 bits per heavy atom. The van der Waals surface area contributed by atoms with Crippen molar-refractivity contribution in [1.82, 2.24) is 74.8 Å². The van der Waals surface area contributed by atoms with Gasteiger partial charge in [0.2, 0.25) is 0 Å². The molecule has 0 bridgehead atoms. The Kier molecular flexibility index (Phi) is 28.9. The molecule has 0 spiro atoms. The molecule has 12 heterocycles. The van der Waals surface area contributed by atoms with Crippen molar-refractivity contribution in [2.45, 2.75) is 98.6 Å². The summed E-state index contributed by atoms with van der Waals surface area (Å²) in [6.07, 6.45) is 13.7. The zero-order valence-electron chi connectivity index (χ0n) is 74.5. The van der Waals surface area contributed by atoms with Crippen LogP contribution in [0.25, 0.3) is 111 Å². The van der Waals surface area contributed by atoms with E-state index in [1.807, 2.05) is 114 Å². The molecule has 11 aromatic heterocycles. The first-order chi connectivity index (χ1) is 63.2. The smallest absolute Gasteiger partial charge is 0.494 e. The van der Waals surface area contributed by atoms with E-state index in [9.17, 15) is 26.0 Å². The highest BCUT2D eigenvalue weighted by Crippen LogP contribution is 2.44. The second-order valence-electron chi connectivity index (χ2n) is 31.5. The summed E-state index contributed by atoms with van der Waals surface area (Å²) in [5.41, 5.74) is 27.0. The lowest BCUT2D eigenvalue weighted by molar-refractivity contribution is 0.00578. The predicted molar refractivity (Wildman–Crippen MR) is 512 cm³/mol. The SMILES string of the molecule is COc1ccc(CNc2nc(-c3ccc(F)cc3)c(-c3cc(C)nc(C)c3)c3nccnc23)c(OC)c1.COc1ccc(CNc2nc(-c3ccc(F)cc3)c(Br)c3nccnc23)c(OC)c1.CS(=O)(=O)c1nc(-c2ccc(F)cc2)c(Br)c2nccnc12.Cc1cc(-c2c(-c3ccc(F)cc3)nc(N)c3nccnc23)cc(C)n1.Cc1cc(B2OC(C)(C)C(C)(C)O2)cc(C)n1. The van der Waals surface area contributed by atoms with Crippen LogP contribution in [0.2, 0.25) is 0 Å². The molecule has 1 saturated heterocycles. The van der Waals surface area contributed by atoms with Crippen LogP contribution in [0.15, 0.2) is 233 Å². The van der Waals surface area contributed by atoms with Gasteiger partial charge in [-0.25, -0.2) is 65.9 Å². The number of hydrogen-bond acceptors (Lipinski definition) is 26. The number of ether oxygens (including phenoxy) is 4. The van der Waals surface area contributed by atoms with Gasteiger partial charge in [0.15, 0.2) is 32.3 Å². The Morgan fingerprint density at radius 1 is 0.371 bits per heavy atom. The van der Waals surface area contributed by atoms with Crippen LogP contribution in [0.3, 0.4) is 0 Å². The van der Waals surface area contributed by atoms with Crippen LogP contribution in [0.1, 0.15) is 73.0 Å². The Bertz CT molecular complexity index is 7200. The Morgan fingerprint density at radius 3 is 1.06 bits per heavy atom. The van der Waals surface area contributed by atoms with E-state index in [4.69, 9.17) is 48.9 Å². The highest BCUT2D eigenvalue weighted by Gasteiger charge is 2.52. The van der Waals surface area contributed by atoms with Gasteiger partial charge < -0.3 is 44.6 Å². The van der Waals surface area contributed by atoms with E-state index in [-0.39, 0.29) is 52.1 Å². The average molecular weight is 1930 g/mol. The van der Waals surface area contributed by atoms with Crippen LogP contribution >= 0.6 is 31.9 Å².